The highest BCUT2D eigenvalue weighted by molar-refractivity contribution is 6.33. The molecule has 1 aromatic carbocycles. The van der Waals surface area contributed by atoms with Gasteiger partial charge in [0.05, 0.1) is 15.6 Å². The Morgan fingerprint density at radius 3 is 2.74 bits per heavy atom. The fourth-order valence-corrected chi connectivity index (χ4v) is 2.85. The molecule has 1 atom stereocenters. The van der Waals surface area contributed by atoms with Crippen LogP contribution in [-0.2, 0) is 0 Å². The molecular formula is C14H18ClN3O5. The Morgan fingerprint density at radius 1 is 1.48 bits per heavy atom. The summed E-state index contributed by atoms with van der Waals surface area (Å²) in [6.45, 7) is 0.704. The van der Waals surface area contributed by atoms with Crippen LogP contribution in [0.1, 0.15) is 6.42 Å². The van der Waals surface area contributed by atoms with Crippen LogP contribution in [0.3, 0.4) is 0 Å². The predicted octanol–water partition coefficient (Wildman–Crippen LogP) is 1.70. The SMILES string of the molecule is O=C(Nc1ccc([N+](=O)[O-])cc1Cl)N1CC[C@H](C(CO)CO)C1. The van der Waals surface area contributed by atoms with Crippen LogP contribution in [-0.4, -0.2) is 52.4 Å². The lowest BCUT2D eigenvalue weighted by atomic mass is 9.93. The molecule has 0 unspecified atom stereocenters. The number of non-ortho nitro benzene ring substituents is 1. The summed E-state index contributed by atoms with van der Waals surface area (Å²) in [5.74, 6) is -0.196. The number of nitro groups is 1. The van der Waals surface area contributed by atoms with Crippen molar-refractivity contribution in [3.05, 3.63) is 33.3 Å². The molecule has 1 fully saturated rings. The normalized spacial score (nSPS) is 17.6. The Bertz CT molecular complexity index is 594. The maximum absolute atomic E-state index is 12.2. The van der Waals surface area contributed by atoms with E-state index in [9.17, 15) is 25.1 Å². The van der Waals surface area contributed by atoms with Crippen molar-refractivity contribution in [3.8, 4) is 0 Å². The van der Waals surface area contributed by atoms with Crippen molar-refractivity contribution >= 4 is 29.0 Å². The van der Waals surface area contributed by atoms with Gasteiger partial charge in [-0.05, 0) is 18.4 Å². The van der Waals surface area contributed by atoms with Gasteiger partial charge in [0, 0.05) is 44.4 Å². The number of carbonyl (C=O) groups excluding carboxylic acids is 1. The minimum absolute atomic E-state index is 0.0445. The first-order valence-corrected chi connectivity index (χ1v) is 7.55. The molecule has 0 bridgehead atoms. The molecule has 1 aromatic rings. The highest BCUT2D eigenvalue weighted by Gasteiger charge is 2.31. The number of rotatable bonds is 5. The summed E-state index contributed by atoms with van der Waals surface area (Å²) in [6, 6.07) is 3.47. The average Bonchev–Trinajstić information content (AvgIpc) is 3.00. The molecule has 1 saturated heterocycles. The zero-order chi connectivity index (χ0) is 17.0. The zero-order valence-corrected chi connectivity index (χ0v) is 13.1. The number of amides is 2. The Labute approximate surface area is 137 Å². The second kappa shape index (κ2) is 7.58. The monoisotopic (exact) mass is 343 g/mol. The van der Waals surface area contributed by atoms with Gasteiger partial charge in [-0.1, -0.05) is 11.6 Å². The Morgan fingerprint density at radius 2 is 2.17 bits per heavy atom. The highest BCUT2D eigenvalue weighted by atomic mass is 35.5. The number of hydrogen-bond acceptors (Lipinski definition) is 5. The minimum atomic E-state index is -0.563. The van der Waals surface area contributed by atoms with E-state index in [-0.39, 0.29) is 41.8 Å². The third-order valence-corrected chi connectivity index (χ3v) is 4.37. The van der Waals surface area contributed by atoms with Crippen molar-refractivity contribution < 1.29 is 19.9 Å². The molecule has 0 saturated carbocycles. The van der Waals surface area contributed by atoms with Gasteiger partial charge in [-0.15, -0.1) is 0 Å². The number of likely N-dealkylation sites (tertiary alicyclic amines) is 1. The molecule has 0 radical (unpaired) electrons. The van der Waals surface area contributed by atoms with Crippen LogP contribution in [0, 0.1) is 22.0 Å². The van der Waals surface area contributed by atoms with Gasteiger partial charge in [-0.2, -0.15) is 0 Å². The van der Waals surface area contributed by atoms with Gasteiger partial charge >= 0.3 is 6.03 Å². The van der Waals surface area contributed by atoms with Gasteiger partial charge in [0.1, 0.15) is 0 Å². The summed E-state index contributed by atoms with van der Waals surface area (Å²) in [6.07, 6.45) is 0.702. The summed E-state index contributed by atoms with van der Waals surface area (Å²) >= 11 is 5.94. The van der Waals surface area contributed by atoms with Crippen LogP contribution in [0.15, 0.2) is 18.2 Å². The molecule has 1 aliphatic heterocycles. The lowest BCUT2D eigenvalue weighted by Crippen LogP contribution is -2.34. The van der Waals surface area contributed by atoms with Crippen molar-refractivity contribution in [1.29, 1.82) is 0 Å². The number of hydrogen-bond donors (Lipinski definition) is 3. The molecule has 0 aromatic heterocycles. The van der Waals surface area contributed by atoms with Crippen molar-refractivity contribution in [1.82, 2.24) is 4.90 Å². The van der Waals surface area contributed by atoms with Crippen molar-refractivity contribution in [2.24, 2.45) is 11.8 Å². The number of urea groups is 1. The Hall–Kier alpha value is -1.90. The number of aliphatic hydroxyl groups is 2. The number of nitro benzene ring substituents is 1. The molecule has 2 amide bonds. The summed E-state index contributed by atoms with van der Waals surface area (Å²) in [5, 5.41) is 31.8. The molecule has 2 rings (SSSR count). The molecule has 23 heavy (non-hydrogen) atoms. The first kappa shape index (κ1) is 17.5. The lowest BCUT2D eigenvalue weighted by Gasteiger charge is -2.21. The van der Waals surface area contributed by atoms with Crippen LogP contribution in [0.5, 0.6) is 0 Å². The molecule has 126 valence electrons. The quantitative estimate of drug-likeness (QED) is 0.556. The van der Waals surface area contributed by atoms with Crippen molar-refractivity contribution in [2.75, 3.05) is 31.6 Å². The maximum Gasteiger partial charge on any atom is 0.321 e. The Balaban J connectivity index is 1.99. The van der Waals surface area contributed by atoms with Crippen LogP contribution in [0.4, 0.5) is 16.2 Å². The van der Waals surface area contributed by atoms with Crippen LogP contribution in [0.25, 0.3) is 0 Å². The number of aliphatic hydroxyl groups excluding tert-OH is 2. The van der Waals surface area contributed by atoms with Crippen LogP contribution >= 0.6 is 11.6 Å². The van der Waals surface area contributed by atoms with Gasteiger partial charge in [0.2, 0.25) is 0 Å². The van der Waals surface area contributed by atoms with E-state index in [1.807, 2.05) is 0 Å². The number of halogens is 1. The number of nitrogens with zero attached hydrogens (tertiary/aromatic N) is 2. The zero-order valence-electron chi connectivity index (χ0n) is 12.3. The topological polar surface area (TPSA) is 116 Å². The van der Waals surface area contributed by atoms with Crippen LogP contribution in [0.2, 0.25) is 5.02 Å². The smallest absolute Gasteiger partial charge is 0.321 e. The fraction of sp³-hybridized carbons (Fsp3) is 0.500. The molecule has 3 N–H and O–H groups in total. The van der Waals surface area contributed by atoms with Gasteiger partial charge in [-0.3, -0.25) is 10.1 Å². The fourth-order valence-electron chi connectivity index (χ4n) is 2.63. The number of benzene rings is 1. The Kier molecular flexibility index (Phi) is 5.75. The van der Waals surface area contributed by atoms with Gasteiger partial charge < -0.3 is 20.4 Å². The maximum atomic E-state index is 12.2. The van der Waals surface area contributed by atoms with E-state index < -0.39 is 4.92 Å². The molecule has 9 heteroatoms. The van der Waals surface area contributed by atoms with Crippen molar-refractivity contribution in [2.45, 2.75) is 6.42 Å². The molecule has 8 nitrogen and oxygen atoms in total. The van der Waals surface area contributed by atoms with Crippen LogP contribution < -0.4 is 5.32 Å². The number of carbonyl (C=O) groups is 1. The summed E-state index contributed by atoms with van der Waals surface area (Å²) in [7, 11) is 0. The standard InChI is InChI=1S/C14H18ClN3O5/c15-12-5-11(18(22)23)1-2-13(12)16-14(21)17-4-3-9(6-17)10(7-19)8-20/h1-2,5,9-10,19-20H,3-4,6-8H2,(H,16,21)/t9-/m0/s1. The van der Waals surface area contributed by atoms with E-state index >= 15 is 0 Å². The highest BCUT2D eigenvalue weighted by Crippen LogP contribution is 2.28. The van der Waals surface area contributed by atoms with Gasteiger partial charge in [0.15, 0.2) is 0 Å². The van der Waals surface area contributed by atoms with Gasteiger partial charge in [0.25, 0.3) is 5.69 Å². The lowest BCUT2D eigenvalue weighted by molar-refractivity contribution is -0.384. The largest absolute Gasteiger partial charge is 0.396 e. The third kappa shape index (κ3) is 4.10. The van der Waals surface area contributed by atoms with Gasteiger partial charge in [-0.25, -0.2) is 4.79 Å². The van der Waals surface area contributed by atoms with E-state index in [1.165, 1.54) is 18.2 Å². The first-order chi connectivity index (χ1) is 11.0. The second-order valence-electron chi connectivity index (χ2n) is 5.47. The van der Waals surface area contributed by atoms with E-state index in [0.717, 1.165) is 0 Å². The molecular weight excluding hydrogens is 326 g/mol. The molecule has 1 aliphatic rings. The van der Waals surface area contributed by atoms with E-state index in [4.69, 9.17) is 11.6 Å². The second-order valence-corrected chi connectivity index (χ2v) is 5.88. The number of nitrogens with one attached hydrogen (secondary N) is 1. The van der Waals surface area contributed by atoms with E-state index in [1.54, 1.807) is 4.90 Å². The summed E-state index contributed by atoms with van der Waals surface area (Å²) in [5.41, 5.74) is 0.148. The predicted molar refractivity (Wildman–Crippen MR) is 84.5 cm³/mol. The third-order valence-electron chi connectivity index (χ3n) is 4.05. The number of anilines is 1. The summed E-state index contributed by atoms with van der Waals surface area (Å²) < 4.78 is 0. The first-order valence-electron chi connectivity index (χ1n) is 7.17. The summed E-state index contributed by atoms with van der Waals surface area (Å²) in [4.78, 5) is 23.9. The molecule has 0 aliphatic carbocycles. The molecule has 0 spiro atoms. The molecule has 1 heterocycles. The van der Waals surface area contributed by atoms with E-state index in [2.05, 4.69) is 5.32 Å². The minimum Gasteiger partial charge on any atom is -0.396 e. The van der Waals surface area contributed by atoms with Crippen molar-refractivity contribution in [3.63, 3.8) is 0 Å². The van der Waals surface area contributed by atoms with E-state index in [0.29, 0.717) is 25.2 Å². The average molecular weight is 344 g/mol.